The first-order valence-electron chi connectivity index (χ1n) is 7.21. The molecule has 2 rings (SSSR count). The van der Waals surface area contributed by atoms with Gasteiger partial charge in [-0.15, -0.1) is 0 Å². The Balaban J connectivity index is 1.81. The largest absolute Gasteiger partial charge is 0.396 e. The highest BCUT2D eigenvalue weighted by atomic mass is 16.3. The van der Waals surface area contributed by atoms with E-state index in [1.165, 1.54) is 5.56 Å². The molecule has 1 fully saturated rings. The van der Waals surface area contributed by atoms with Gasteiger partial charge in [-0.25, -0.2) is 0 Å². The Morgan fingerprint density at radius 1 is 1.40 bits per heavy atom. The first-order valence-corrected chi connectivity index (χ1v) is 7.21. The summed E-state index contributed by atoms with van der Waals surface area (Å²) in [5.41, 5.74) is 2.39. The van der Waals surface area contributed by atoms with Gasteiger partial charge in [0.25, 0.3) is 0 Å². The lowest BCUT2D eigenvalue weighted by molar-refractivity contribution is -0.131. The molecule has 1 amide bonds. The van der Waals surface area contributed by atoms with Crippen LogP contribution in [0.1, 0.15) is 17.5 Å². The Labute approximate surface area is 121 Å². The fourth-order valence-electron chi connectivity index (χ4n) is 2.57. The van der Waals surface area contributed by atoms with Crippen molar-refractivity contribution in [2.75, 3.05) is 33.3 Å². The Morgan fingerprint density at radius 2 is 2.10 bits per heavy atom. The molecule has 1 aliphatic rings. The number of aliphatic hydroxyl groups is 1. The van der Waals surface area contributed by atoms with E-state index in [-0.39, 0.29) is 12.5 Å². The van der Waals surface area contributed by atoms with Gasteiger partial charge in [0.1, 0.15) is 0 Å². The van der Waals surface area contributed by atoms with Gasteiger partial charge in [0.05, 0.1) is 6.54 Å². The zero-order valence-corrected chi connectivity index (χ0v) is 12.4. The molecule has 1 unspecified atom stereocenters. The summed E-state index contributed by atoms with van der Waals surface area (Å²) >= 11 is 0. The molecule has 1 aliphatic heterocycles. The number of nitrogens with zero attached hydrogens (tertiary/aromatic N) is 2. The predicted octanol–water partition coefficient (Wildman–Crippen LogP) is 1.27. The lowest BCUT2D eigenvalue weighted by Crippen LogP contribution is -2.37. The Morgan fingerprint density at radius 3 is 2.70 bits per heavy atom. The van der Waals surface area contributed by atoms with Crippen LogP contribution in [0.3, 0.4) is 0 Å². The highest BCUT2D eigenvalue weighted by Gasteiger charge is 2.24. The van der Waals surface area contributed by atoms with Gasteiger partial charge in [-0.3, -0.25) is 9.69 Å². The monoisotopic (exact) mass is 276 g/mol. The maximum atomic E-state index is 12.2. The first-order chi connectivity index (χ1) is 9.58. The number of hydrogen-bond donors (Lipinski definition) is 1. The second-order valence-corrected chi connectivity index (χ2v) is 5.81. The van der Waals surface area contributed by atoms with E-state index in [1.54, 1.807) is 4.90 Å². The molecule has 1 saturated heterocycles. The number of likely N-dealkylation sites (tertiary alicyclic amines) is 1. The Hall–Kier alpha value is -1.39. The molecule has 1 aromatic carbocycles. The van der Waals surface area contributed by atoms with E-state index < -0.39 is 0 Å². The lowest BCUT2D eigenvalue weighted by Gasteiger charge is -2.21. The SMILES string of the molecule is Cc1ccc(CN(C)C(=O)CN2CCC(CO)C2)cc1. The number of aliphatic hydroxyl groups excluding tert-OH is 1. The molecule has 1 N–H and O–H groups in total. The highest BCUT2D eigenvalue weighted by Crippen LogP contribution is 2.15. The van der Waals surface area contributed by atoms with E-state index in [2.05, 4.69) is 36.1 Å². The van der Waals surface area contributed by atoms with Crippen LogP contribution >= 0.6 is 0 Å². The standard InChI is InChI=1S/C16H24N2O2/c1-13-3-5-14(6-4-13)9-17(2)16(20)11-18-8-7-15(10-18)12-19/h3-6,15,19H,7-12H2,1-2H3. The molecule has 20 heavy (non-hydrogen) atoms. The summed E-state index contributed by atoms with van der Waals surface area (Å²) in [6.07, 6.45) is 0.992. The number of carbonyl (C=O) groups excluding carboxylic acids is 1. The van der Waals surface area contributed by atoms with Crippen LogP contribution in [-0.4, -0.2) is 54.1 Å². The molecule has 0 aromatic heterocycles. The van der Waals surface area contributed by atoms with Crippen LogP contribution in [0.5, 0.6) is 0 Å². The Bertz CT molecular complexity index is 444. The molecule has 110 valence electrons. The number of carbonyl (C=O) groups is 1. The van der Waals surface area contributed by atoms with Gasteiger partial charge < -0.3 is 10.0 Å². The molecule has 0 saturated carbocycles. The van der Waals surface area contributed by atoms with Crippen LogP contribution in [0.4, 0.5) is 0 Å². The first kappa shape index (κ1) is 15.0. The summed E-state index contributed by atoms with van der Waals surface area (Å²) < 4.78 is 0. The van der Waals surface area contributed by atoms with Crippen molar-refractivity contribution in [3.63, 3.8) is 0 Å². The fourth-order valence-corrected chi connectivity index (χ4v) is 2.57. The number of aryl methyl sites for hydroxylation is 1. The van der Waals surface area contributed by atoms with E-state index in [4.69, 9.17) is 5.11 Å². The molecule has 0 aliphatic carbocycles. The number of hydrogen-bond acceptors (Lipinski definition) is 3. The lowest BCUT2D eigenvalue weighted by atomic mass is 10.1. The summed E-state index contributed by atoms with van der Waals surface area (Å²) in [6.45, 7) is 5.14. The molecular formula is C16H24N2O2. The molecule has 1 heterocycles. The minimum atomic E-state index is 0.143. The minimum absolute atomic E-state index is 0.143. The van der Waals surface area contributed by atoms with Crippen LogP contribution in [-0.2, 0) is 11.3 Å². The van der Waals surface area contributed by atoms with Crippen molar-refractivity contribution in [3.05, 3.63) is 35.4 Å². The predicted molar refractivity (Wildman–Crippen MR) is 79.3 cm³/mol. The van der Waals surface area contributed by atoms with Gasteiger partial charge in [-0.2, -0.15) is 0 Å². The van der Waals surface area contributed by atoms with Crippen molar-refractivity contribution in [3.8, 4) is 0 Å². The normalized spacial score (nSPS) is 19.2. The summed E-state index contributed by atoms with van der Waals surface area (Å²) in [7, 11) is 1.85. The van der Waals surface area contributed by atoms with Crippen molar-refractivity contribution in [2.45, 2.75) is 19.9 Å². The fraction of sp³-hybridized carbons (Fsp3) is 0.562. The summed E-state index contributed by atoms with van der Waals surface area (Å²) in [5, 5.41) is 9.12. The summed E-state index contributed by atoms with van der Waals surface area (Å²) in [5.74, 6) is 0.481. The molecule has 1 aromatic rings. The average molecular weight is 276 g/mol. The second kappa shape index (κ2) is 6.86. The molecule has 1 atom stereocenters. The summed E-state index contributed by atoms with van der Waals surface area (Å²) in [6, 6.07) is 8.27. The van der Waals surface area contributed by atoms with Gasteiger partial charge in [0.15, 0.2) is 0 Å². The van der Waals surface area contributed by atoms with Crippen molar-refractivity contribution in [2.24, 2.45) is 5.92 Å². The third kappa shape index (κ3) is 4.05. The number of rotatable bonds is 5. The second-order valence-electron chi connectivity index (χ2n) is 5.81. The quantitative estimate of drug-likeness (QED) is 0.881. The number of amides is 1. The third-order valence-corrected chi connectivity index (χ3v) is 3.95. The zero-order chi connectivity index (χ0) is 14.5. The van der Waals surface area contributed by atoms with Gasteiger partial charge >= 0.3 is 0 Å². The zero-order valence-electron chi connectivity index (χ0n) is 12.4. The summed E-state index contributed by atoms with van der Waals surface area (Å²) in [4.78, 5) is 16.1. The number of benzene rings is 1. The van der Waals surface area contributed by atoms with E-state index in [0.717, 1.165) is 25.1 Å². The smallest absolute Gasteiger partial charge is 0.236 e. The van der Waals surface area contributed by atoms with Crippen molar-refractivity contribution in [1.82, 2.24) is 9.80 Å². The van der Waals surface area contributed by atoms with Gasteiger partial charge in [-0.1, -0.05) is 29.8 Å². The van der Waals surface area contributed by atoms with E-state index in [9.17, 15) is 4.79 Å². The van der Waals surface area contributed by atoms with Gasteiger partial charge in [0, 0.05) is 26.7 Å². The highest BCUT2D eigenvalue weighted by molar-refractivity contribution is 5.78. The maximum absolute atomic E-state index is 12.2. The minimum Gasteiger partial charge on any atom is -0.396 e. The molecule has 0 bridgehead atoms. The molecule has 4 nitrogen and oxygen atoms in total. The Kier molecular flexibility index (Phi) is 5.15. The van der Waals surface area contributed by atoms with Crippen LogP contribution < -0.4 is 0 Å². The van der Waals surface area contributed by atoms with Gasteiger partial charge in [-0.05, 0) is 31.4 Å². The van der Waals surface area contributed by atoms with E-state index >= 15 is 0 Å². The van der Waals surface area contributed by atoms with Crippen LogP contribution in [0, 0.1) is 12.8 Å². The molecule has 0 spiro atoms. The average Bonchev–Trinajstić information content (AvgIpc) is 2.89. The van der Waals surface area contributed by atoms with Crippen LogP contribution in [0.2, 0.25) is 0 Å². The number of likely N-dealkylation sites (N-methyl/N-ethyl adjacent to an activating group) is 1. The molecular weight excluding hydrogens is 252 g/mol. The van der Waals surface area contributed by atoms with E-state index in [1.807, 2.05) is 7.05 Å². The van der Waals surface area contributed by atoms with E-state index in [0.29, 0.717) is 19.0 Å². The molecule has 0 radical (unpaired) electrons. The topological polar surface area (TPSA) is 43.8 Å². The third-order valence-electron chi connectivity index (χ3n) is 3.95. The maximum Gasteiger partial charge on any atom is 0.236 e. The van der Waals surface area contributed by atoms with Crippen LogP contribution in [0.15, 0.2) is 24.3 Å². The van der Waals surface area contributed by atoms with Crippen LogP contribution in [0.25, 0.3) is 0 Å². The molecule has 4 heteroatoms. The van der Waals surface area contributed by atoms with Crippen molar-refractivity contribution in [1.29, 1.82) is 0 Å². The van der Waals surface area contributed by atoms with Crippen molar-refractivity contribution < 1.29 is 9.90 Å². The van der Waals surface area contributed by atoms with Gasteiger partial charge in [0.2, 0.25) is 5.91 Å². The van der Waals surface area contributed by atoms with Crippen molar-refractivity contribution >= 4 is 5.91 Å².